The van der Waals surface area contributed by atoms with Crippen LogP contribution in [0.1, 0.15) is 18.6 Å². The minimum Gasteiger partial charge on any atom is -0.389 e. The molecule has 0 aliphatic rings. The first-order chi connectivity index (χ1) is 5.63. The lowest BCUT2D eigenvalue weighted by Crippen LogP contribution is -2.12. The minimum atomic E-state index is -0.462. The number of hydrogen-bond acceptors (Lipinski definition) is 3. The zero-order valence-corrected chi connectivity index (χ0v) is 7.65. The number of rotatable bonds is 2. The van der Waals surface area contributed by atoms with E-state index in [4.69, 9.17) is 0 Å². The van der Waals surface area contributed by atoms with Crippen molar-refractivity contribution in [2.75, 3.05) is 19.0 Å². The number of aliphatic hydroxyl groups excluding tert-OH is 1. The van der Waals surface area contributed by atoms with Crippen molar-refractivity contribution in [3.8, 4) is 0 Å². The number of aromatic nitrogens is 1. The van der Waals surface area contributed by atoms with Gasteiger partial charge in [-0.1, -0.05) is 0 Å². The van der Waals surface area contributed by atoms with Gasteiger partial charge in [0.1, 0.15) is 0 Å². The van der Waals surface area contributed by atoms with Crippen molar-refractivity contribution in [2.45, 2.75) is 13.0 Å². The first-order valence-electron chi connectivity index (χ1n) is 3.92. The van der Waals surface area contributed by atoms with Gasteiger partial charge < -0.3 is 10.0 Å². The highest BCUT2D eigenvalue weighted by molar-refractivity contribution is 5.51. The zero-order valence-electron chi connectivity index (χ0n) is 7.65. The summed E-state index contributed by atoms with van der Waals surface area (Å²) >= 11 is 0. The van der Waals surface area contributed by atoms with E-state index in [1.54, 1.807) is 19.3 Å². The predicted molar refractivity (Wildman–Crippen MR) is 49.2 cm³/mol. The molecule has 1 atom stereocenters. The van der Waals surface area contributed by atoms with Gasteiger partial charge in [0.05, 0.1) is 6.10 Å². The Hall–Kier alpha value is -1.09. The second-order valence-corrected chi connectivity index (χ2v) is 3.00. The number of aliphatic hydroxyl groups is 1. The summed E-state index contributed by atoms with van der Waals surface area (Å²) in [5.41, 5.74) is 1.88. The summed E-state index contributed by atoms with van der Waals surface area (Å²) in [5, 5.41) is 9.39. The van der Waals surface area contributed by atoms with Gasteiger partial charge in [-0.25, -0.2) is 0 Å². The summed E-state index contributed by atoms with van der Waals surface area (Å²) in [6.45, 7) is 1.74. The predicted octanol–water partition coefficient (Wildman–Crippen LogP) is 1.20. The Kier molecular flexibility index (Phi) is 2.65. The van der Waals surface area contributed by atoms with E-state index in [-0.39, 0.29) is 0 Å². The van der Waals surface area contributed by atoms with Gasteiger partial charge in [-0.2, -0.15) is 0 Å². The van der Waals surface area contributed by atoms with Crippen LogP contribution in [0.3, 0.4) is 0 Å². The third-order valence-corrected chi connectivity index (χ3v) is 1.76. The Balaban J connectivity index is 3.09. The highest BCUT2D eigenvalue weighted by atomic mass is 16.3. The second kappa shape index (κ2) is 3.54. The number of nitrogens with zero attached hydrogens (tertiary/aromatic N) is 2. The van der Waals surface area contributed by atoms with E-state index in [0.717, 1.165) is 11.3 Å². The average molecular weight is 166 g/mol. The molecule has 0 saturated heterocycles. The largest absolute Gasteiger partial charge is 0.389 e. The molecule has 0 aliphatic heterocycles. The fourth-order valence-electron chi connectivity index (χ4n) is 1.13. The van der Waals surface area contributed by atoms with Gasteiger partial charge in [-0.15, -0.1) is 0 Å². The van der Waals surface area contributed by atoms with Gasteiger partial charge in [0.2, 0.25) is 0 Å². The lowest BCUT2D eigenvalue weighted by Gasteiger charge is -2.17. The molecule has 1 N–H and O–H groups in total. The SMILES string of the molecule is CC(O)c1cnccc1N(C)C. The highest BCUT2D eigenvalue weighted by Crippen LogP contribution is 2.22. The summed E-state index contributed by atoms with van der Waals surface area (Å²) in [6.07, 6.45) is 2.96. The zero-order chi connectivity index (χ0) is 9.14. The molecular formula is C9H14N2O. The van der Waals surface area contributed by atoms with Crippen LogP contribution in [-0.4, -0.2) is 24.2 Å². The van der Waals surface area contributed by atoms with Crippen molar-refractivity contribution < 1.29 is 5.11 Å². The van der Waals surface area contributed by atoms with Gasteiger partial charge in [0.25, 0.3) is 0 Å². The molecule has 0 aliphatic carbocycles. The number of hydrogen-bond donors (Lipinski definition) is 1. The summed E-state index contributed by atoms with van der Waals surface area (Å²) in [4.78, 5) is 5.92. The molecule has 0 aromatic carbocycles. The Morgan fingerprint density at radius 2 is 2.17 bits per heavy atom. The number of pyridine rings is 1. The Morgan fingerprint density at radius 1 is 1.50 bits per heavy atom. The molecule has 0 saturated carbocycles. The lowest BCUT2D eigenvalue weighted by atomic mass is 10.1. The molecule has 3 nitrogen and oxygen atoms in total. The van der Waals surface area contributed by atoms with Crippen LogP contribution in [0.5, 0.6) is 0 Å². The second-order valence-electron chi connectivity index (χ2n) is 3.00. The van der Waals surface area contributed by atoms with Gasteiger partial charge in [-0.05, 0) is 13.0 Å². The molecule has 0 bridgehead atoms. The van der Waals surface area contributed by atoms with E-state index in [1.807, 2.05) is 25.1 Å². The van der Waals surface area contributed by atoms with Crippen LogP contribution in [0.15, 0.2) is 18.5 Å². The molecule has 1 unspecified atom stereocenters. The summed E-state index contributed by atoms with van der Waals surface area (Å²) < 4.78 is 0. The molecule has 0 fully saturated rings. The summed E-state index contributed by atoms with van der Waals surface area (Å²) in [6, 6.07) is 1.89. The van der Waals surface area contributed by atoms with Crippen molar-refractivity contribution in [2.24, 2.45) is 0 Å². The molecule has 1 aromatic heterocycles. The van der Waals surface area contributed by atoms with Crippen LogP contribution in [-0.2, 0) is 0 Å². The first-order valence-corrected chi connectivity index (χ1v) is 3.92. The van der Waals surface area contributed by atoms with E-state index in [2.05, 4.69) is 4.98 Å². The molecule has 0 radical (unpaired) electrons. The van der Waals surface area contributed by atoms with E-state index in [1.165, 1.54) is 0 Å². The van der Waals surface area contributed by atoms with E-state index in [9.17, 15) is 5.11 Å². The average Bonchev–Trinajstić information content (AvgIpc) is 2.04. The van der Waals surface area contributed by atoms with Crippen molar-refractivity contribution in [3.63, 3.8) is 0 Å². The van der Waals surface area contributed by atoms with Crippen molar-refractivity contribution >= 4 is 5.69 Å². The monoisotopic (exact) mass is 166 g/mol. The normalized spacial score (nSPS) is 12.7. The molecule has 66 valence electrons. The summed E-state index contributed by atoms with van der Waals surface area (Å²) in [7, 11) is 3.89. The molecule has 1 aromatic rings. The third kappa shape index (κ3) is 1.74. The van der Waals surface area contributed by atoms with Crippen LogP contribution in [0.25, 0.3) is 0 Å². The van der Waals surface area contributed by atoms with Gasteiger partial charge in [-0.3, -0.25) is 4.98 Å². The molecule has 1 rings (SSSR count). The van der Waals surface area contributed by atoms with Crippen LogP contribution < -0.4 is 4.90 Å². The van der Waals surface area contributed by atoms with E-state index >= 15 is 0 Å². The summed E-state index contributed by atoms with van der Waals surface area (Å²) in [5.74, 6) is 0. The van der Waals surface area contributed by atoms with Crippen LogP contribution >= 0.6 is 0 Å². The van der Waals surface area contributed by atoms with Gasteiger partial charge in [0, 0.05) is 37.7 Å². The van der Waals surface area contributed by atoms with E-state index < -0.39 is 6.10 Å². The van der Waals surface area contributed by atoms with E-state index in [0.29, 0.717) is 0 Å². The first kappa shape index (κ1) is 9.00. The fourth-order valence-corrected chi connectivity index (χ4v) is 1.13. The molecule has 1 heterocycles. The molecule has 3 heteroatoms. The number of anilines is 1. The van der Waals surface area contributed by atoms with Crippen molar-refractivity contribution in [1.29, 1.82) is 0 Å². The van der Waals surface area contributed by atoms with Crippen LogP contribution in [0.4, 0.5) is 5.69 Å². The Morgan fingerprint density at radius 3 is 2.58 bits per heavy atom. The molecule has 12 heavy (non-hydrogen) atoms. The smallest absolute Gasteiger partial charge is 0.0797 e. The van der Waals surface area contributed by atoms with Crippen LogP contribution in [0.2, 0.25) is 0 Å². The quantitative estimate of drug-likeness (QED) is 0.717. The standard InChI is InChI=1S/C9H14N2O/c1-7(12)8-6-10-5-4-9(8)11(2)3/h4-7,12H,1-3H3. The van der Waals surface area contributed by atoms with Gasteiger partial charge in [0.15, 0.2) is 0 Å². The van der Waals surface area contributed by atoms with Gasteiger partial charge >= 0.3 is 0 Å². The molecule has 0 spiro atoms. The Labute approximate surface area is 72.7 Å². The Bertz CT molecular complexity index is 231. The van der Waals surface area contributed by atoms with Crippen molar-refractivity contribution in [3.05, 3.63) is 24.0 Å². The third-order valence-electron chi connectivity index (χ3n) is 1.76. The lowest BCUT2D eigenvalue weighted by molar-refractivity contribution is 0.199. The topological polar surface area (TPSA) is 36.4 Å². The molecular weight excluding hydrogens is 152 g/mol. The minimum absolute atomic E-state index is 0.462. The maximum atomic E-state index is 9.39. The maximum Gasteiger partial charge on any atom is 0.0797 e. The molecule has 0 amide bonds. The fraction of sp³-hybridized carbons (Fsp3) is 0.444. The highest BCUT2D eigenvalue weighted by Gasteiger charge is 2.08. The maximum absolute atomic E-state index is 9.39. The van der Waals surface area contributed by atoms with Crippen molar-refractivity contribution in [1.82, 2.24) is 4.98 Å². The van der Waals surface area contributed by atoms with Crippen LogP contribution in [0, 0.1) is 0 Å².